The van der Waals surface area contributed by atoms with Crippen molar-refractivity contribution in [2.24, 2.45) is 11.8 Å². The molecule has 2 saturated heterocycles. The molecule has 108 valence electrons. The van der Waals surface area contributed by atoms with Gasteiger partial charge in [0.15, 0.2) is 0 Å². The zero-order valence-corrected chi connectivity index (χ0v) is 11.5. The zero-order valence-electron chi connectivity index (χ0n) is 11.5. The Bertz CT molecular complexity index is 328. The van der Waals surface area contributed by atoms with Gasteiger partial charge in [-0.05, 0) is 39.0 Å². The predicted molar refractivity (Wildman–Crippen MR) is 67.7 cm³/mol. The number of rotatable bonds is 6. The van der Waals surface area contributed by atoms with Gasteiger partial charge in [0.1, 0.15) is 12.9 Å². The van der Waals surface area contributed by atoms with Crippen LogP contribution in [0, 0.1) is 11.8 Å². The Kier molecular flexibility index (Phi) is 4.80. The van der Waals surface area contributed by atoms with Crippen molar-refractivity contribution in [3.05, 3.63) is 0 Å². The standard InChI is InChI=1S/C14H22O5/c1-9(2)18-14(16)17-8-11-10(4-3-7-15)12-5-6-13(11)19-12/h7,9-13H,3-6,8H2,1-2H3/t10-,11+,12+,13+/m1/s1. The Hall–Kier alpha value is -1.10. The molecule has 0 aliphatic carbocycles. The first-order valence-electron chi connectivity index (χ1n) is 7.04. The first-order chi connectivity index (χ1) is 9.11. The number of carbonyl (C=O) groups excluding carboxylic acids is 2. The highest BCUT2D eigenvalue weighted by molar-refractivity contribution is 5.60. The van der Waals surface area contributed by atoms with E-state index in [0.29, 0.717) is 18.9 Å². The molecule has 2 bridgehead atoms. The second-order valence-corrected chi connectivity index (χ2v) is 5.59. The average molecular weight is 270 g/mol. The smallest absolute Gasteiger partial charge is 0.434 e. The summed E-state index contributed by atoms with van der Waals surface area (Å²) >= 11 is 0. The number of carbonyl (C=O) groups is 2. The van der Waals surface area contributed by atoms with Gasteiger partial charge in [0, 0.05) is 12.3 Å². The Morgan fingerprint density at radius 1 is 1.32 bits per heavy atom. The summed E-state index contributed by atoms with van der Waals surface area (Å²) in [4.78, 5) is 21.9. The van der Waals surface area contributed by atoms with E-state index in [1.807, 2.05) is 0 Å². The van der Waals surface area contributed by atoms with Crippen LogP contribution < -0.4 is 0 Å². The monoisotopic (exact) mass is 270 g/mol. The van der Waals surface area contributed by atoms with Crippen molar-refractivity contribution in [2.75, 3.05) is 6.61 Å². The third-order valence-electron chi connectivity index (χ3n) is 3.93. The zero-order chi connectivity index (χ0) is 13.8. The van der Waals surface area contributed by atoms with E-state index >= 15 is 0 Å². The lowest BCUT2D eigenvalue weighted by Gasteiger charge is -2.27. The van der Waals surface area contributed by atoms with Crippen molar-refractivity contribution in [1.82, 2.24) is 0 Å². The van der Waals surface area contributed by atoms with Crippen LogP contribution in [0.3, 0.4) is 0 Å². The molecular weight excluding hydrogens is 248 g/mol. The second-order valence-electron chi connectivity index (χ2n) is 5.59. The Morgan fingerprint density at radius 3 is 2.63 bits per heavy atom. The lowest BCUT2D eigenvalue weighted by Crippen LogP contribution is -2.32. The molecule has 2 fully saturated rings. The predicted octanol–water partition coefficient (Wildman–Crippen LogP) is 2.32. The maximum Gasteiger partial charge on any atom is 0.508 e. The molecule has 0 radical (unpaired) electrons. The van der Waals surface area contributed by atoms with Crippen LogP contribution in [0.2, 0.25) is 0 Å². The number of aldehydes is 1. The first kappa shape index (κ1) is 14.3. The SMILES string of the molecule is CC(C)OC(=O)OC[C@H]1[C@@H](CCC=O)[C@@H]2CC[C@@H]1O2. The summed E-state index contributed by atoms with van der Waals surface area (Å²) < 4.78 is 16.0. The lowest BCUT2D eigenvalue weighted by molar-refractivity contribution is -0.108. The molecule has 4 atom stereocenters. The molecule has 0 unspecified atom stereocenters. The summed E-state index contributed by atoms with van der Waals surface area (Å²) in [5.41, 5.74) is 0. The summed E-state index contributed by atoms with van der Waals surface area (Å²) in [6, 6.07) is 0. The molecule has 2 aliphatic heterocycles. The van der Waals surface area contributed by atoms with Gasteiger partial charge in [-0.15, -0.1) is 0 Å². The van der Waals surface area contributed by atoms with Crippen molar-refractivity contribution in [1.29, 1.82) is 0 Å². The largest absolute Gasteiger partial charge is 0.508 e. The number of hydrogen-bond donors (Lipinski definition) is 0. The van der Waals surface area contributed by atoms with Crippen LogP contribution in [0.15, 0.2) is 0 Å². The fraction of sp³-hybridized carbons (Fsp3) is 0.857. The lowest BCUT2D eigenvalue weighted by atomic mass is 9.77. The molecule has 0 aromatic carbocycles. The van der Waals surface area contributed by atoms with Crippen LogP contribution in [-0.4, -0.2) is 37.4 Å². The van der Waals surface area contributed by atoms with E-state index in [1.165, 1.54) is 0 Å². The Morgan fingerprint density at radius 2 is 2.00 bits per heavy atom. The summed E-state index contributed by atoms with van der Waals surface area (Å²) in [5, 5.41) is 0. The quantitative estimate of drug-likeness (QED) is 0.547. The highest BCUT2D eigenvalue weighted by atomic mass is 16.7. The topological polar surface area (TPSA) is 61.8 Å². The van der Waals surface area contributed by atoms with Gasteiger partial charge in [-0.1, -0.05) is 0 Å². The van der Waals surface area contributed by atoms with E-state index in [4.69, 9.17) is 14.2 Å². The molecule has 2 heterocycles. The van der Waals surface area contributed by atoms with Gasteiger partial charge in [0.25, 0.3) is 0 Å². The van der Waals surface area contributed by atoms with Crippen molar-refractivity contribution in [2.45, 2.75) is 57.8 Å². The van der Waals surface area contributed by atoms with E-state index in [0.717, 1.165) is 25.5 Å². The van der Waals surface area contributed by atoms with Gasteiger partial charge in [-0.25, -0.2) is 4.79 Å². The van der Waals surface area contributed by atoms with Gasteiger partial charge in [0.05, 0.1) is 18.3 Å². The molecule has 2 aliphatic rings. The van der Waals surface area contributed by atoms with Crippen LogP contribution in [0.4, 0.5) is 4.79 Å². The van der Waals surface area contributed by atoms with Gasteiger partial charge < -0.3 is 19.0 Å². The molecule has 0 saturated carbocycles. The molecule has 2 rings (SSSR count). The van der Waals surface area contributed by atoms with Gasteiger partial charge in [0.2, 0.25) is 0 Å². The van der Waals surface area contributed by atoms with E-state index in [1.54, 1.807) is 13.8 Å². The first-order valence-corrected chi connectivity index (χ1v) is 7.04. The van der Waals surface area contributed by atoms with Crippen molar-refractivity contribution < 1.29 is 23.8 Å². The molecule has 0 aromatic rings. The Labute approximate surface area is 113 Å². The van der Waals surface area contributed by atoms with Crippen LogP contribution >= 0.6 is 0 Å². The minimum Gasteiger partial charge on any atom is -0.434 e. The van der Waals surface area contributed by atoms with Crippen molar-refractivity contribution in [3.63, 3.8) is 0 Å². The van der Waals surface area contributed by atoms with Gasteiger partial charge in [-0.3, -0.25) is 0 Å². The van der Waals surface area contributed by atoms with E-state index < -0.39 is 6.16 Å². The third kappa shape index (κ3) is 3.47. The minimum absolute atomic E-state index is 0.172. The molecule has 19 heavy (non-hydrogen) atoms. The average Bonchev–Trinajstić information content (AvgIpc) is 2.93. The maximum absolute atomic E-state index is 11.4. The second kappa shape index (κ2) is 6.37. The Balaban J connectivity index is 1.83. The minimum atomic E-state index is -0.619. The van der Waals surface area contributed by atoms with Crippen molar-refractivity contribution >= 4 is 12.4 Å². The van der Waals surface area contributed by atoms with Crippen LogP contribution in [0.5, 0.6) is 0 Å². The normalized spacial score (nSPS) is 32.6. The molecule has 0 aromatic heterocycles. The van der Waals surface area contributed by atoms with Crippen LogP contribution in [0.1, 0.15) is 39.5 Å². The summed E-state index contributed by atoms with van der Waals surface area (Å²) in [7, 11) is 0. The highest BCUT2D eigenvalue weighted by Gasteiger charge is 2.48. The van der Waals surface area contributed by atoms with Crippen LogP contribution in [-0.2, 0) is 19.0 Å². The summed E-state index contributed by atoms with van der Waals surface area (Å²) in [5.74, 6) is 0.536. The number of hydrogen-bond acceptors (Lipinski definition) is 5. The molecular formula is C14H22O5. The maximum atomic E-state index is 11.4. The van der Waals surface area contributed by atoms with E-state index in [9.17, 15) is 9.59 Å². The molecule has 5 nitrogen and oxygen atoms in total. The van der Waals surface area contributed by atoms with Gasteiger partial charge in [-0.2, -0.15) is 0 Å². The van der Waals surface area contributed by atoms with Crippen molar-refractivity contribution in [3.8, 4) is 0 Å². The van der Waals surface area contributed by atoms with Gasteiger partial charge >= 0.3 is 6.16 Å². The molecule has 0 amide bonds. The number of fused-ring (bicyclic) bond motifs is 2. The molecule has 0 N–H and O–H groups in total. The molecule has 5 heteroatoms. The number of ether oxygens (including phenoxy) is 3. The van der Waals surface area contributed by atoms with E-state index in [2.05, 4.69) is 0 Å². The molecule has 0 spiro atoms. The summed E-state index contributed by atoms with van der Waals surface area (Å²) in [6.45, 7) is 3.90. The fourth-order valence-electron chi connectivity index (χ4n) is 3.15. The van der Waals surface area contributed by atoms with Crippen LogP contribution in [0.25, 0.3) is 0 Å². The fourth-order valence-corrected chi connectivity index (χ4v) is 3.15. The summed E-state index contributed by atoms with van der Waals surface area (Å²) in [6.07, 6.45) is 4.00. The third-order valence-corrected chi connectivity index (χ3v) is 3.93. The highest BCUT2D eigenvalue weighted by Crippen LogP contribution is 2.45. The van der Waals surface area contributed by atoms with E-state index in [-0.39, 0.29) is 24.2 Å².